The molecule has 0 amide bonds. The van der Waals surface area contributed by atoms with Gasteiger partial charge in [0.05, 0.1) is 0 Å². The van der Waals surface area contributed by atoms with Crippen molar-refractivity contribution in [2.45, 2.75) is 60.4 Å². The Balaban J connectivity index is 2.92. The highest BCUT2D eigenvalue weighted by atomic mass is 15.2. The van der Waals surface area contributed by atoms with Crippen LogP contribution in [0.25, 0.3) is 0 Å². The first-order valence-electron chi connectivity index (χ1n) is 8.24. The van der Waals surface area contributed by atoms with Crippen LogP contribution < -0.4 is 0 Å². The molecule has 0 aromatic rings. The molecule has 20 heavy (non-hydrogen) atoms. The van der Waals surface area contributed by atoms with Gasteiger partial charge in [0, 0.05) is 19.1 Å². The van der Waals surface area contributed by atoms with Gasteiger partial charge in [0.25, 0.3) is 0 Å². The van der Waals surface area contributed by atoms with Gasteiger partial charge in [-0.3, -0.25) is 0 Å². The summed E-state index contributed by atoms with van der Waals surface area (Å²) < 4.78 is 0. The number of rotatable bonds is 3. The zero-order valence-corrected chi connectivity index (χ0v) is 15.5. The minimum absolute atomic E-state index is 0.420. The molecule has 1 aliphatic heterocycles. The Morgan fingerprint density at radius 3 is 1.45 bits per heavy atom. The molecule has 1 rings (SSSR count). The predicted molar refractivity (Wildman–Crippen MR) is 90.1 cm³/mol. The summed E-state index contributed by atoms with van der Waals surface area (Å²) in [6.07, 6.45) is 2.64. The number of piperidine rings is 1. The Morgan fingerprint density at radius 2 is 1.20 bits per heavy atom. The van der Waals surface area contributed by atoms with Crippen LogP contribution in [-0.2, 0) is 0 Å². The van der Waals surface area contributed by atoms with E-state index < -0.39 is 0 Å². The van der Waals surface area contributed by atoms with Gasteiger partial charge in [0.2, 0.25) is 0 Å². The molecular formula is C18H38N2. The van der Waals surface area contributed by atoms with E-state index in [0.29, 0.717) is 10.8 Å². The minimum atomic E-state index is 0.420. The Bertz CT molecular complexity index is 270. The molecule has 1 saturated heterocycles. The van der Waals surface area contributed by atoms with Crippen molar-refractivity contribution >= 4 is 0 Å². The lowest BCUT2D eigenvalue weighted by Crippen LogP contribution is -2.55. The van der Waals surface area contributed by atoms with E-state index in [2.05, 4.69) is 72.5 Å². The fourth-order valence-corrected chi connectivity index (χ4v) is 4.26. The van der Waals surface area contributed by atoms with Crippen molar-refractivity contribution in [2.75, 3.05) is 34.2 Å². The SMILES string of the molecule is CN1CC(CC(C)(C)C)C(N(C)C)C(CC(C)(C)C)C1. The predicted octanol–water partition coefficient (Wildman–Crippen LogP) is 3.97. The van der Waals surface area contributed by atoms with E-state index in [-0.39, 0.29) is 0 Å². The Morgan fingerprint density at radius 1 is 0.850 bits per heavy atom. The molecule has 1 fully saturated rings. The van der Waals surface area contributed by atoms with Gasteiger partial charge in [-0.1, -0.05) is 41.5 Å². The first kappa shape index (κ1) is 18.0. The molecule has 0 aromatic heterocycles. The van der Waals surface area contributed by atoms with Gasteiger partial charge in [-0.15, -0.1) is 0 Å². The van der Waals surface area contributed by atoms with Crippen LogP contribution in [0.1, 0.15) is 54.4 Å². The molecule has 0 N–H and O–H groups in total. The van der Waals surface area contributed by atoms with Crippen LogP contribution in [0.2, 0.25) is 0 Å². The van der Waals surface area contributed by atoms with E-state index in [0.717, 1.165) is 17.9 Å². The van der Waals surface area contributed by atoms with Gasteiger partial charge in [-0.2, -0.15) is 0 Å². The monoisotopic (exact) mass is 282 g/mol. The topological polar surface area (TPSA) is 6.48 Å². The summed E-state index contributed by atoms with van der Waals surface area (Å²) in [5.74, 6) is 1.58. The second kappa shape index (κ2) is 6.36. The summed E-state index contributed by atoms with van der Waals surface area (Å²) in [6, 6.07) is 0.727. The highest BCUT2D eigenvalue weighted by Crippen LogP contribution is 2.38. The first-order valence-corrected chi connectivity index (χ1v) is 8.24. The summed E-state index contributed by atoms with van der Waals surface area (Å²) in [7, 11) is 6.86. The summed E-state index contributed by atoms with van der Waals surface area (Å²) in [6.45, 7) is 16.8. The third-order valence-electron chi connectivity index (χ3n) is 4.40. The van der Waals surface area contributed by atoms with Crippen LogP contribution >= 0.6 is 0 Å². The van der Waals surface area contributed by atoms with Crippen molar-refractivity contribution in [2.24, 2.45) is 22.7 Å². The first-order chi connectivity index (χ1) is 8.89. The van der Waals surface area contributed by atoms with Gasteiger partial charge in [0.15, 0.2) is 0 Å². The molecule has 0 spiro atoms. The largest absolute Gasteiger partial charge is 0.306 e. The standard InChI is InChI=1S/C18H38N2/c1-17(2,3)10-14-12-20(9)13-15(11-18(4,5)6)16(14)19(7)8/h14-16H,10-13H2,1-9H3. The zero-order valence-electron chi connectivity index (χ0n) is 15.5. The molecule has 0 bridgehead atoms. The van der Waals surface area contributed by atoms with Crippen LogP contribution in [0.4, 0.5) is 0 Å². The average molecular weight is 283 g/mol. The van der Waals surface area contributed by atoms with Crippen molar-refractivity contribution in [3.63, 3.8) is 0 Å². The van der Waals surface area contributed by atoms with Gasteiger partial charge < -0.3 is 9.80 Å². The molecule has 1 heterocycles. The molecule has 0 aromatic carbocycles. The molecule has 1 aliphatic rings. The van der Waals surface area contributed by atoms with Crippen LogP contribution in [0.3, 0.4) is 0 Å². The summed E-state index contributed by atoms with van der Waals surface area (Å²) >= 11 is 0. The molecule has 0 aliphatic carbocycles. The molecule has 2 nitrogen and oxygen atoms in total. The molecule has 0 radical (unpaired) electrons. The summed E-state index contributed by atoms with van der Waals surface area (Å²) in [4.78, 5) is 5.06. The van der Waals surface area contributed by atoms with Crippen LogP contribution in [0.15, 0.2) is 0 Å². The van der Waals surface area contributed by atoms with Crippen LogP contribution in [0.5, 0.6) is 0 Å². The summed E-state index contributed by atoms with van der Waals surface area (Å²) in [5, 5.41) is 0. The highest BCUT2D eigenvalue weighted by Gasteiger charge is 2.39. The maximum atomic E-state index is 2.56. The van der Waals surface area contributed by atoms with E-state index in [1.807, 2.05) is 0 Å². The second-order valence-corrected chi connectivity index (χ2v) is 9.73. The van der Waals surface area contributed by atoms with E-state index in [9.17, 15) is 0 Å². The zero-order chi connectivity index (χ0) is 15.7. The van der Waals surface area contributed by atoms with Crippen molar-refractivity contribution in [3.05, 3.63) is 0 Å². The van der Waals surface area contributed by atoms with E-state index >= 15 is 0 Å². The lowest BCUT2D eigenvalue weighted by atomic mass is 9.70. The van der Waals surface area contributed by atoms with Crippen LogP contribution in [0, 0.1) is 22.7 Å². The molecule has 2 atom stereocenters. The summed E-state index contributed by atoms with van der Waals surface area (Å²) in [5.41, 5.74) is 0.840. The van der Waals surface area contributed by atoms with Crippen molar-refractivity contribution in [3.8, 4) is 0 Å². The quantitative estimate of drug-likeness (QED) is 0.773. The van der Waals surface area contributed by atoms with Gasteiger partial charge >= 0.3 is 0 Å². The lowest BCUT2D eigenvalue weighted by Gasteiger charge is -2.49. The molecule has 2 unspecified atom stereocenters. The average Bonchev–Trinajstić information content (AvgIpc) is 2.08. The van der Waals surface area contributed by atoms with Crippen molar-refractivity contribution in [1.82, 2.24) is 9.80 Å². The van der Waals surface area contributed by atoms with Gasteiger partial charge in [-0.25, -0.2) is 0 Å². The fourth-order valence-electron chi connectivity index (χ4n) is 4.26. The number of likely N-dealkylation sites (tertiary alicyclic amines) is 1. The molecule has 120 valence electrons. The minimum Gasteiger partial charge on any atom is -0.306 e. The number of hydrogen-bond acceptors (Lipinski definition) is 2. The molecular weight excluding hydrogens is 244 g/mol. The molecule has 2 heteroatoms. The van der Waals surface area contributed by atoms with Gasteiger partial charge in [-0.05, 0) is 56.7 Å². The van der Waals surface area contributed by atoms with Gasteiger partial charge in [0.1, 0.15) is 0 Å². The fraction of sp³-hybridized carbons (Fsp3) is 1.00. The van der Waals surface area contributed by atoms with Crippen molar-refractivity contribution < 1.29 is 0 Å². The maximum Gasteiger partial charge on any atom is 0.0170 e. The van der Waals surface area contributed by atoms with E-state index in [1.165, 1.54) is 25.9 Å². The van der Waals surface area contributed by atoms with Crippen LogP contribution in [-0.4, -0.2) is 50.1 Å². The third kappa shape index (κ3) is 5.73. The Kier molecular flexibility index (Phi) is 5.71. The third-order valence-corrected chi connectivity index (χ3v) is 4.40. The van der Waals surface area contributed by atoms with Crippen molar-refractivity contribution in [1.29, 1.82) is 0 Å². The van der Waals surface area contributed by atoms with E-state index in [1.54, 1.807) is 0 Å². The van der Waals surface area contributed by atoms with E-state index in [4.69, 9.17) is 0 Å². The Hall–Kier alpha value is -0.0800. The highest BCUT2D eigenvalue weighted by molar-refractivity contribution is 4.93. The Labute approximate surface area is 127 Å². The number of nitrogens with zero attached hydrogens (tertiary/aromatic N) is 2. The number of hydrogen-bond donors (Lipinski definition) is 0. The maximum absolute atomic E-state index is 2.56. The second-order valence-electron chi connectivity index (χ2n) is 9.73. The molecule has 0 saturated carbocycles. The normalized spacial score (nSPS) is 30.0. The smallest absolute Gasteiger partial charge is 0.0170 e. The lowest BCUT2D eigenvalue weighted by molar-refractivity contribution is 0.0104.